The molecule has 0 spiro atoms. The van der Waals surface area contributed by atoms with E-state index in [9.17, 15) is 18.2 Å². The number of nitrogens with one attached hydrogen (secondary N) is 2. The van der Waals surface area contributed by atoms with Crippen LogP contribution < -0.4 is 25.4 Å². The topological polar surface area (TPSA) is 114 Å². The Kier molecular flexibility index (Phi) is 12.1. The van der Waals surface area contributed by atoms with E-state index in [0.717, 1.165) is 5.56 Å². The van der Waals surface area contributed by atoms with E-state index in [2.05, 4.69) is 10.6 Å². The third-order valence-electron chi connectivity index (χ3n) is 7.40. The molecule has 0 saturated heterocycles. The fourth-order valence-electron chi connectivity index (χ4n) is 4.93. The maximum absolute atomic E-state index is 13.9. The maximum Gasteiger partial charge on any atom is 0.251 e. The number of rotatable bonds is 14. The Balaban J connectivity index is 1.56. The molecule has 4 rings (SSSR count). The molecule has 0 fully saturated rings. The van der Waals surface area contributed by atoms with Crippen molar-refractivity contribution in [2.24, 2.45) is 11.7 Å². The lowest BCUT2D eigenvalue weighted by Gasteiger charge is -2.28. The van der Waals surface area contributed by atoms with E-state index in [0.29, 0.717) is 34.0 Å². The van der Waals surface area contributed by atoms with Gasteiger partial charge in [0.2, 0.25) is 5.91 Å². The van der Waals surface area contributed by atoms with Gasteiger partial charge in [0.05, 0.1) is 16.7 Å². The molecule has 46 heavy (non-hydrogen) atoms. The summed E-state index contributed by atoms with van der Waals surface area (Å²) in [5.74, 6) is -1.06. The predicted molar refractivity (Wildman–Crippen MR) is 182 cm³/mol. The Bertz CT molecular complexity index is 1620. The van der Waals surface area contributed by atoms with E-state index in [1.807, 2.05) is 62.4 Å². The number of anilines is 2. The number of carbonyl (C=O) groups excluding carboxylic acids is 2. The van der Waals surface area contributed by atoms with Crippen LogP contribution in [0.5, 0.6) is 5.75 Å². The van der Waals surface area contributed by atoms with Crippen molar-refractivity contribution >= 4 is 34.2 Å². The molecule has 0 aliphatic carbocycles. The lowest BCUT2D eigenvalue weighted by Crippen LogP contribution is -2.50. The van der Waals surface area contributed by atoms with Crippen LogP contribution in [0.25, 0.3) is 0 Å². The van der Waals surface area contributed by atoms with Gasteiger partial charge in [0.1, 0.15) is 11.6 Å². The second kappa shape index (κ2) is 16.1. The molecule has 2 amide bonds. The van der Waals surface area contributed by atoms with Crippen LogP contribution in [0.15, 0.2) is 108 Å². The largest absolute Gasteiger partial charge is 0.491 e. The van der Waals surface area contributed by atoms with Crippen LogP contribution in [-0.4, -0.2) is 41.3 Å². The average molecular weight is 645 g/mol. The van der Waals surface area contributed by atoms with E-state index in [-0.39, 0.29) is 24.3 Å². The number of hydrogen-bond donors (Lipinski definition) is 3. The van der Waals surface area contributed by atoms with Crippen molar-refractivity contribution in [3.63, 3.8) is 0 Å². The van der Waals surface area contributed by atoms with Crippen molar-refractivity contribution in [1.29, 1.82) is 0 Å². The molecule has 0 radical (unpaired) electrons. The molecule has 0 aliphatic heterocycles. The molecule has 0 aromatic heterocycles. The lowest BCUT2D eigenvalue weighted by molar-refractivity contribution is -0.119. The predicted octanol–water partition coefficient (Wildman–Crippen LogP) is 6.11. The fourth-order valence-corrected chi connectivity index (χ4v) is 5.94. The molecular formula is C36H41FN4O4S. The number of amides is 2. The summed E-state index contributed by atoms with van der Waals surface area (Å²) in [6.07, 6.45) is 0.566. The summed E-state index contributed by atoms with van der Waals surface area (Å²) < 4.78 is 34.2. The van der Waals surface area contributed by atoms with Crippen molar-refractivity contribution in [2.75, 3.05) is 16.7 Å². The van der Waals surface area contributed by atoms with Crippen molar-refractivity contribution < 1.29 is 22.9 Å². The summed E-state index contributed by atoms with van der Waals surface area (Å²) in [4.78, 5) is 27.4. The van der Waals surface area contributed by atoms with Crippen molar-refractivity contribution in [1.82, 2.24) is 5.32 Å². The molecule has 4 aromatic rings. The Morgan fingerprint density at radius 3 is 2.17 bits per heavy atom. The summed E-state index contributed by atoms with van der Waals surface area (Å²) in [6.45, 7) is 5.54. The van der Waals surface area contributed by atoms with Crippen LogP contribution >= 0.6 is 0 Å². The monoisotopic (exact) mass is 644 g/mol. The average Bonchev–Trinajstić information content (AvgIpc) is 3.05. The number of hydrogen-bond acceptors (Lipinski definition) is 5. The van der Waals surface area contributed by atoms with E-state index in [1.54, 1.807) is 48.6 Å². The number of nitrogens with zero attached hydrogens (tertiary/aromatic N) is 1. The van der Waals surface area contributed by atoms with E-state index in [1.165, 1.54) is 24.3 Å². The lowest BCUT2D eigenvalue weighted by atomic mass is 9.92. The minimum Gasteiger partial charge on any atom is -0.491 e. The van der Waals surface area contributed by atoms with Gasteiger partial charge in [0.15, 0.2) is 11.0 Å². The molecule has 0 bridgehead atoms. The molecule has 0 saturated carbocycles. The van der Waals surface area contributed by atoms with Crippen LogP contribution in [-0.2, 0) is 22.2 Å². The number of carbonyl (C=O) groups is 2. The summed E-state index contributed by atoms with van der Waals surface area (Å²) in [7, 11) is 0.176. The summed E-state index contributed by atoms with van der Waals surface area (Å²) in [5.41, 5.74) is 9.02. The highest BCUT2D eigenvalue weighted by Crippen LogP contribution is 2.27. The Hall–Kier alpha value is -4.54. The van der Waals surface area contributed by atoms with Crippen molar-refractivity contribution in [2.45, 2.75) is 56.7 Å². The zero-order valence-electron chi connectivity index (χ0n) is 26.5. The van der Waals surface area contributed by atoms with Gasteiger partial charge in [-0.15, -0.1) is 0 Å². The molecular weight excluding hydrogens is 603 g/mol. The molecule has 4 N–H and O–H groups in total. The van der Waals surface area contributed by atoms with Gasteiger partial charge in [-0.3, -0.25) is 13.9 Å². The van der Waals surface area contributed by atoms with Gasteiger partial charge < -0.3 is 21.1 Å². The molecule has 0 heterocycles. The third-order valence-corrected chi connectivity index (χ3v) is 8.78. The first-order valence-corrected chi connectivity index (χ1v) is 16.3. The second-order valence-corrected chi connectivity index (χ2v) is 13.0. The van der Waals surface area contributed by atoms with Crippen LogP contribution in [0.1, 0.15) is 43.1 Å². The number of ether oxygens (including phenoxy) is 1. The molecule has 242 valence electrons. The van der Waals surface area contributed by atoms with Gasteiger partial charge in [-0.25, -0.2) is 8.60 Å². The smallest absolute Gasteiger partial charge is 0.251 e. The number of benzene rings is 4. The van der Waals surface area contributed by atoms with Gasteiger partial charge in [0.25, 0.3) is 5.91 Å². The Morgan fingerprint density at radius 2 is 1.54 bits per heavy atom. The van der Waals surface area contributed by atoms with Gasteiger partial charge in [-0.1, -0.05) is 55.5 Å². The van der Waals surface area contributed by atoms with Gasteiger partial charge in [0, 0.05) is 42.4 Å². The first-order valence-electron chi connectivity index (χ1n) is 15.2. The van der Waals surface area contributed by atoms with E-state index >= 15 is 0 Å². The highest BCUT2D eigenvalue weighted by molar-refractivity contribution is 7.86. The number of nitrogens with two attached hydrogens (primary N) is 1. The standard InChI is InChI=1S/C36H41FN4O4S/c1-24(2)45-31-22-27(21-30(23-31)41(4)46(44)32-13-9-6-10-14-32)36(43)40-34(20-26-11-7-5-8-12-26)33(38)19-25(3)35(42)39-29-17-15-28(37)16-18-29/h5-18,21-25,33-34H,19-20,38H2,1-4H3,(H,39,42)(H,40,43)/t25-,33+,34+,46?/m1/s1. The van der Waals surface area contributed by atoms with Crippen LogP contribution in [0, 0.1) is 11.7 Å². The van der Waals surface area contributed by atoms with Gasteiger partial charge in [-0.2, -0.15) is 0 Å². The SMILES string of the molecule is CC(C)Oc1cc(C(=O)N[C@@H](Cc2ccccc2)[C@@H](N)C[C@@H](C)C(=O)Nc2ccc(F)cc2)cc(N(C)S(=O)c2ccccc2)c1. The Labute approximate surface area is 272 Å². The first kappa shape index (κ1) is 34.3. The summed E-state index contributed by atoms with van der Waals surface area (Å²) in [5, 5.41) is 5.90. The minimum atomic E-state index is -1.52. The van der Waals surface area contributed by atoms with Crippen LogP contribution in [0.3, 0.4) is 0 Å². The second-order valence-electron chi connectivity index (χ2n) is 11.5. The zero-order valence-corrected chi connectivity index (χ0v) is 27.3. The molecule has 4 aromatic carbocycles. The maximum atomic E-state index is 13.9. The van der Waals surface area contributed by atoms with Crippen molar-refractivity contribution in [3.05, 3.63) is 120 Å². The molecule has 1 unspecified atom stereocenters. The quantitative estimate of drug-likeness (QED) is 0.153. The molecule has 8 nitrogen and oxygen atoms in total. The third kappa shape index (κ3) is 9.73. The first-order chi connectivity index (χ1) is 22.0. The fraction of sp³-hybridized carbons (Fsp3) is 0.278. The summed E-state index contributed by atoms with van der Waals surface area (Å²) in [6, 6.07) is 28.3. The normalized spacial score (nSPS) is 13.7. The minimum absolute atomic E-state index is 0.155. The molecule has 10 heteroatoms. The zero-order chi connectivity index (χ0) is 33.2. The van der Waals surface area contributed by atoms with E-state index < -0.39 is 34.8 Å². The van der Waals surface area contributed by atoms with Gasteiger partial charge in [-0.05, 0) is 80.8 Å². The number of halogens is 1. The highest BCUT2D eigenvalue weighted by Gasteiger charge is 2.26. The molecule has 0 aliphatic rings. The Morgan fingerprint density at radius 1 is 0.913 bits per heavy atom. The molecule has 4 atom stereocenters. The highest BCUT2D eigenvalue weighted by atomic mass is 32.2. The van der Waals surface area contributed by atoms with Gasteiger partial charge >= 0.3 is 0 Å². The van der Waals surface area contributed by atoms with Crippen LogP contribution in [0.4, 0.5) is 15.8 Å². The van der Waals surface area contributed by atoms with E-state index in [4.69, 9.17) is 10.5 Å². The summed E-state index contributed by atoms with van der Waals surface area (Å²) >= 11 is 0. The van der Waals surface area contributed by atoms with Crippen LogP contribution in [0.2, 0.25) is 0 Å². The van der Waals surface area contributed by atoms with Crippen molar-refractivity contribution in [3.8, 4) is 5.75 Å².